The van der Waals surface area contributed by atoms with Crippen LogP contribution in [-0.4, -0.2) is 14.5 Å². The number of para-hydroxylation sites is 2. The molecule has 4 heterocycles. The van der Waals surface area contributed by atoms with E-state index in [9.17, 15) is 0 Å². The summed E-state index contributed by atoms with van der Waals surface area (Å²) < 4.78 is 9.91. The largest absolute Gasteiger partial charge is 0.456 e. The first-order chi connectivity index (χ1) is 22.3. The molecule has 4 aromatic heterocycles. The first-order valence-corrected chi connectivity index (χ1v) is 15.8. The molecule has 0 aliphatic rings. The summed E-state index contributed by atoms with van der Waals surface area (Å²) in [4.78, 5) is 11.3. The van der Waals surface area contributed by atoms with E-state index in [0.717, 1.165) is 71.5 Å². The predicted molar refractivity (Wildman–Crippen MR) is 187 cm³/mol. The highest BCUT2D eigenvalue weighted by Gasteiger charge is 2.19. The highest BCUT2D eigenvalue weighted by molar-refractivity contribution is 7.25. The standard InChI is InChI=1S/C40H23N3OS/c1-2-11-24(12-3-1)39-41-38(37-29-17-6-9-20-36(29)45-40(37)42-39)25-13-10-14-26(21-25)43-32-18-7-4-15-27(32)30-22-31-28-16-5-8-19-34(28)44-35(31)23-33(30)43/h1-23H. The van der Waals surface area contributed by atoms with E-state index in [1.54, 1.807) is 11.3 Å². The first kappa shape index (κ1) is 24.6. The number of fused-ring (bicyclic) bond motifs is 9. The summed E-state index contributed by atoms with van der Waals surface area (Å²) in [5.41, 5.74) is 8.13. The zero-order valence-corrected chi connectivity index (χ0v) is 24.8. The van der Waals surface area contributed by atoms with Crippen molar-refractivity contribution >= 4 is 75.4 Å². The van der Waals surface area contributed by atoms with Crippen LogP contribution in [0.2, 0.25) is 0 Å². The molecule has 4 nitrogen and oxygen atoms in total. The second-order valence-electron chi connectivity index (χ2n) is 11.4. The molecule has 5 heteroatoms. The second-order valence-corrected chi connectivity index (χ2v) is 12.4. The molecule has 0 atom stereocenters. The molecule has 0 aliphatic heterocycles. The third kappa shape index (κ3) is 3.65. The van der Waals surface area contributed by atoms with Crippen LogP contribution < -0.4 is 0 Å². The summed E-state index contributed by atoms with van der Waals surface area (Å²) in [5.74, 6) is 0.735. The van der Waals surface area contributed by atoms with Gasteiger partial charge in [0.05, 0.1) is 16.7 Å². The van der Waals surface area contributed by atoms with E-state index in [1.165, 1.54) is 20.9 Å². The first-order valence-electron chi connectivity index (χ1n) is 15.0. The van der Waals surface area contributed by atoms with Gasteiger partial charge in [-0.2, -0.15) is 0 Å². The maximum Gasteiger partial charge on any atom is 0.161 e. The molecule has 0 spiro atoms. The number of thiophene rings is 1. The molecule has 0 radical (unpaired) electrons. The smallest absolute Gasteiger partial charge is 0.161 e. The van der Waals surface area contributed by atoms with Crippen LogP contribution in [0.15, 0.2) is 144 Å². The monoisotopic (exact) mass is 593 g/mol. The van der Waals surface area contributed by atoms with Gasteiger partial charge in [-0.1, -0.05) is 97.1 Å². The Morgan fingerprint density at radius 3 is 2.18 bits per heavy atom. The molecule has 0 unspecified atom stereocenters. The van der Waals surface area contributed by atoms with Crippen molar-refractivity contribution in [2.75, 3.05) is 0 Å². The fraction of sp³-hybridized carbons (Fsp3) is 0. The van der Waals surface area contributed by atoms with Gasteiger partial charge in [-0.25, -0.2) is 9.97 Å². The molecule has 0 saturated heterocycles. The SMILES string of the molecule is c1ccc(-c2nc(-c3cccc(-n4c5ccccc5c5cc6c(cc54)oc4ccccc46)c3)c3c(n2)sc2ccccc23)cc1. The van der Waals surface area contributed by atoms with Crippen molar-refractivity contribution in [1.29, 1.82) is 0 Å². The fourth-order valence-electron chi connectivity index (χ4n) is 6.81. The number of hydrogen-bond donors (Lipinski definition) is 0. The van der Waals surface area contributed by atoms with Gasteiger partial charge in [0, 0.05) is 59.9 Å². The molecule has 0 fully saturated rings. The van der Waals surface area contributed by atoms with Crippen molar-refractivity contribution in [2.45, 2.75) is 0 Å². The van der Waals surface area contributed by atoms with Gasteiger partial charge in [0.1, 0.15) is 16.0 Å². The molecule has 0 saturated carbocycles. The van der Waals surface area contributed by atoms with Crippen molar-refractivity contribution in [3.8, 4) is 28.3 Å². The van der Waals surface area contributed by atoms with Crippen LogP contribution in [0, 0.1) is 0 Å². The van der Waals surface area contributed by atoms with Gasteiger partial charge >= 0.3 is 0 Å². The van der Waals surface area contributed by atoms with Crippen LogP contribution in [0.5, 0.6) is 0 Å². The third-order valence-electron chi connectivity index (χ3n) is 8.82. The molecule has 45 heavy (non-hydrogen) atoms. The number of aromatic nitrogens is 3. The highest BCUT2D eigenvalue weighted by Crippen LogP contribution is 2.41. The van der Waals surface area contributed by atoms with Crippen molar-refractivity contribution in [2.24, 2.45) is 0 Å². The Bertz CT molecular complexity index is 2770. The lowest BCUT2D eigenvalue weighted by Crippen LogP contribution is -1.96. The van der Waals surface area contributed by atoms with Crippen LogP contribution in [0.4, 0.5) is 0 Å². The molecule has 10 rings (SSSR count). The molecule has 210 valence electrons. The molecule has 0 bridgehead atoms. The van der Waals surface area contributed by atoms with Gasteiger partial charge in [0.25, 0.3) is 0 Å². The average Bonchev–Trinajstić information content (AvgIpc) is 3.76. The maximum atomic E-state index is 6.35. The molecule has 0 aliphatic carbocycles. The lowest BCUT2D eigenvalue weighted by atomic mass is 10.0. The predicted octanol–water partition coefficient (Wildman–Crippen LogP) is 11.2. The van der Waals surface area contributed by atoms with Gasteiger partial charge in [-0.3, -0.25) is 0 Å². The van der Waals surface area contributed by atoms with Crippen LogP contribution >= 0.6 is 11.3 Å². The van der Waals surface area contributed by atoms with Crippen LogP contribution in [-0.2, 0) is 0 Å². The van der Waals surface area contributed by atoms with E-state index in [4.69, 9.17) is 14.4 Å². The normalized spacial score (nSPS) is 12.0. The van der Waals surface area contributed by atoms with Crippen molar-refractivity contribution in [3.05, 3.63) is 140 Å². The van der Waals surface area contributed by atoms with Gasteiger partial charge in [0.2, 0.25) is 0 Å². The Labute approximate surface area is 261 Å². The number of benzene rings is 6. The second kappa shape index (κ2) is 9.36. The molecule has 0 amide bonds. The minimum absolute atomic E-state index is 0.735. The van der Waals surface area contributed by atoms with Crippen molar-refractivity contribution < 1.29 is 4.42 Å². The quantitative estimate of drug-likeness (QED) is 0.205. The van der Waals surface area contributed by atoms with Gasteiger partial charge < -0.3 is 8.98 Å². The number of hydrogen-bond acceptors (Lipinski definition) is 4. The Balaban J connectivity index is 1.26. The lowest BCUT2D eigenvalue weighted by Gasteiger charge is -2.12. The van der Waals surface area contributed by atoms with Gasteiger partial charge in [-0.05, 0) is 36.4 Å². The van der Waals surface area contributed by atoms with Gasteiger partial charge in [0.15, 0.2) is 5.82 Å². The summed E-state index contributed by atoms with van der Waals surface area (Å²) in [6.45, 7) is 0. The Hall–Kier alpha value is -5.78. The fourth-order valence-corrected chi connectivity index (χ4v) is 7.88. The number of furan rings is 1. The molecule has 0 N–H and O–H groups in total. The van der Waals surface area contributed by atoms with Crippen LogP contribution in [0.1, 0.15) is 0 Å². The van der Waals surface area contributed by atoms with E-state index < -0.39 is 0 Å². The Morgan fingerprint density at radius 2 is 1.27 bits per heavy atom. The molecular formula is C40H23N3OS. The molecular weight excluding hydrogens is 571 g/mol. The Morgan fingerprint density at radius 1 is 0.511 bits per heavy atom. The summed E-state index contributed by atoms with van der Waals surface area (Å²) in [5, 5.41) is 6.97. The molecule has 10 aromatic rings. The van der Waals surface area contributed by atoms with Crippen LogP contribution in [0.3, 0.4) is 0 Å². The minimum atomic E-state index is 0.735. The highest BCUT2D eigenvalue weighted by atomic mass is 32.1. The zero-order valence-electron chi connectivity index (χ0n) is 23.9. The van der Waals surface area contributed by atoms with E-state index in [0.29, 0.717) is 0 Å². The average molecular weight is 594 g/mol. The maximum absolute atomic E-state index is 6.35. The van der Waals surface area contributed by atoms with E-state index in [2.05, 4.69) is 114 Å². The van der Waals surface area contributed by atoms with E-state index in [1.807, 2.05) is 30.3 Å². The number of rotatable bonds is 3. The Kier molecular flexibility index (Phi) is 5.12. The van der Waals surface area contributed by atoms with E-state index in [-0.39, 0.29) is 0 Å². The summed E-state index contributed by atoms with van der Waals surface area (Å²) >= 11 is 1.72. The minimum Gasteiger partial charge on any atom is -0.456 e. The number of nitrogens with zero attached hydrogens (tertiary/aromatic N) is 3. The summed E-state index contributed by atoms with van der Waals surface area (Å²) in [6.07, 6.45) is 0. The molecule has 6 aromatic carbocycles. The van der Waals surface area contributed by atoms with Crippen molar-refractivity contribution in [1.82, 2.24) is 14.5 Å². The third-order valence-corrected chi connectivity index (χ3v) is 9.88. The van der Waals surface area contributed by atoms with Crippen LogP contribution in [0.25, 0.3) is 92.4 Å². The van der Waals surface area contributed by atoms with Gasteiger partial charge in [-0.15, -0.1) is 11.3 Å². The topological polar surface area (TPSA) is 43.9 Å². The lowest BCUT2D eigenvalue weighted by molar-refractivity contribution is 0.669. The van der Waals surface area contributed by atoms with Crippen molar-refractivity contribution in [3.63, 3.8) is 0 Å². The van der Waals surface area contributed by atoms with E-state index >= 15 is 0 Å². The zero-order chi connectivity index (χ0) is 29.5. The summed E-state index contributed by atoms with van der Waals surface area (Å²) in [7, 11) is 0. The summed E-state index contributed by atoms with van der Waals surface area (Å²) in [6, 6.07) is 48.9.